The monoisotopic (exact) mass is 417 g/mol. The highest BCUT2D eigenvalue weighted by atomic mass is 32.2. The molecule has 0 bridgehead atoms. The van der Waals surface area contributed by atoms with Crippen molar-refractivity contribution in [3.8, 4) is 11.5 Å². The first-order chi connectivity index (χ1) is 13.0. The molecule has 0 amide bonds. The predicted octanol–water partition coefficient (Wildman–Crippen LogP) is 4.23. The van der Waals surface area contributed by atoms with Gasteiger partial charge in [-0.15, -0.1) is 0 Å². The Hall–Kier alpha value is -2.26. The quantitative estimate of drug-likeness (QED) is 0.652. The molecule has 0 atom stereocenters. The molecule has 9 heteroatoms. The molecule has 0 aliphatic heterocycles. The highest BCUT2D eigenvalue weighted by Crippen LogP contribution is 2.33. The van der Waals surface area contributed by atoms with Crippen LogP contribution in [0.15, 0.2) is 47.4 Å². The van der Waals surface area contributed by atoms with Crippen LogP contribution in [0.2, 0.25) is 0 Å². The average Bonchev–Trinajstić information content (AvgIpc) is 2.61. The molecule has 154 valence electrons. The lowest BCUT2D eigenvalue weighted by Crippen LogP contribution is -2.19. The second-order valence-corrected chi connectivity index (χ2v) is 8.12. The highest BCUT2D eigenvalue weighted by molar-refractivity contribution is 7.87. The van der Waals surface area contributed by atoms with Gasteiger partial charge >= 0.3 is 16.3 Å². The molecule has 0 spiro atoms. The summed E-state index contributed by atoms with van der Waals surface area (Å²) >= 11 is 0. The molecule has 0 saturated heterocycles. The maximum absolute atomic E-state index is 12.9. The van der Waals surface area contributed by atoms with Gasteiger partial charge in [0, 0.05) is 6.54 Å². The number of ether oxygens (including phenoxy) is 1. The van der Waals surface area contributed by atoms with Gasteiger partial charge in [-0.25, -0.2) is 0 Å². The average molecular weight is 417 g/mol. The van der Waals surface area contributed by atoms with Crippen LogP contribution >= 0.6 is 0 Å². The van der Waals surface area contributed by atoms with Crippen molar-refractivity contribution in [3.05, 3.63) is 53.6 Å². The molecule has 1 N–H and O–H groups in total. The van der Waals surface area contributed by atoms with E-state index >= 15 is 0 Å². The zero-order chi connectivity index (χ0) is 20.9. The first-order valence-corrected chi connectivity index (χ1v) is 9.93. The maximum Gasteiger partial charge on any atom is 0.416 e. The van der Waals surface area contributed by atoms with Crippen LogP contribution < -0.4 is 14.2 Å². The van der Waals surface area contributed by atoms with E-state index in [0.29, 0.717) is 18.5 Å². The van der Waals surface area contributed by atoms with E-state index in [1.54, 1.807) is 12.1 Å². The first-order valence-electron chi connectivity index (χ1n) is 8.52. The Morgan fingerprint density at radius 3 is 2.39 bits per heavy atom. The Labute approximate surface area is 162 Å². The highest BCUT2D eigenvalue weighted by Gasteiger charge is 2.32. The molecule has 0 aromatic heterocycles. The SMILES string of the molecule is COc1ccc(CNCC(C)C)cc1OS(=O)(=O)c1cccc(C(F)(F)F)c1. The van der Waals surface area contributed by atoms with Crippen molar-refractivity contribution < 1.29 is 30.5 Å². The zero-order valence-corrected chi connectivity index (χ0v) is 16.5. The number of hydrogen-bond acceptors (Lipinski definition) is 5. The van der Waals surface area contributed by atoms with Crippen LogP contribution in [0.25, 0.3) is 0 Å². The Balaban J connectivity index is 2.29. The molecule has 2 rings (SSSR count). The number of benzene rings is 2. The van der Waals surface area contributed by atoms with E-state index in [-0.39, 0.29) is 11.5 Å². The van der Waals surface area contributed by atoms with Gasteiger partial charge in [0.2, 0.25) is 0 Å². The lowest BCUT2D eigenvalue weighted by Gasteiger charge is -2.14. The number of methoxy groups -OCH3 is 1. The summed E-state index contributed by atoms with van der Waals surface area (Å²) in [6.45, 7) is 5.35. The van der Waals surface area contributed by atoms with E-state index < -0.39 is 26.8 Å². The van der Waals surface area contributed by atoms with Gasteiger partial charge < -0.3 is 14.2 Å². The minimum absolute atomic E-state index is 0.0937. The molecule has 0 unspecified atom stereocenters. The number of nitrogens with one attached hydrogen (secondary N) is 1. The zero-order valence-electron chi connectivity index (χ0n) is 15.7. The normalized spacial score (nSPS) is 12.2. The predicted molar refractivity (Wildman–Crippen MR) is 98.8 cm³/mol. The number of alkyl halides is 3. The fraction of sp³-hybridized carbons (Fsp3) is 0.368. The van der Waals surface area contributed by atoms with Crippen LogP contribution in [-0.2, 0) is 22.8 Å². The second kappa shape index (κ2) is 8.83. The van der Waals surface area contributed by atoms with E-state index in [1.165, 1.54) is 13.2 Å². The molecular weight excluding hydrogens is 395 g/mol. The molecule has 2 aromatic carbocycles. The largest absolute Gasteiger partial charge is 0.493 e. The Kier molecular flexibility index (Phi) is 6.95. The molecule has 0 fully saturated rings. The maximum atomic E-state index is 12.9. The number of hydrogen-bond donors (Lipinski definition) is 1. The molecule has 0 saturated carbocycles. The van der Waals surface area contributed by atoms with Crippen molar-refractivity contribution in [2.24, 2.45) is 5.92 Å². The standard InChI is InChI=1S/C19H22F3NO4S/c1-13(2)11-23-12-14-7-8-17(26-3)18(9-14)27-28(24,25)16-6-4-5-15(10-16)19(20,21)22/h4-10,13,23H,11-12H2,1-3H3. The van der Waals surface area contributed by atoms with Crippen LogP contribution in [0.3, 0.4) is 0 Å². The summed E-state index contributed by atoms with van der Waals surface area (Å²) in [4.78, 5) is -0.590. The number of halogens is 3. The van der Waals surface area contributed by atoms with E-state index in [1.807, 2.05) is 0 Å². The molecule has 5 nitrogen and oxygen atoms in total. The van der Waals surface area contributed by atoms with Crippen molar-refractivity contribution in [2.45, 2.75) is 31.5 Å². The summed E-state index contributed by atoms with van der Waals surface area (Å²) in [6.07, 6.45) is -4.66. The Morgan fingerprint density at radius 2 is 1.79 bits per heavy atom. The molecule has 0 aliphatic carbocycles. The fourth-order valence-corrected chi connectivity index (χ4v) is 3.38. The van der Waals surface area contributed by atoms with Crippen LogP contribution in [0.1, 0.15) is 25.0 Å². The van der Waals surface area contributed by atoms with E-state index in [2.05, 4.69) is 19.2 Å². The third kappa shape index (κ3) is 5.87. The lowest BCUT2D eigenvalue weighted by molar-refractivity contribution is -0.137. The summed E-state index contributed by atoms with van der Waals surface area (Å²) in [6, 6.07) is 8.17. The summed E-state index contributed by atoms with van der Waals surface area (Å²) in [7, 11) is -3.14. The van der Waals surface area contributed by atoms with Crippen molar-refractivity contribution in [3.63, 3.8) is 0 Å². The van der Waals surface area contributed by atoms with Gasteiger partial charge in [0.25, 0.3) is 0 Å². The summed E-state index contributed by atoms with van der Waals surface area (Å²) in [5, 5.41) is 3.21. The van der Waals surface area contributed by atoms with Gasteiger partial charge in [-0.05, 0) is 48.4 Å². The second-order valence-electron chi connectivity index (χ2n) is 6.57. The van der Waals surface area contributed by atoms with Crippen LogP contribution in [0, 0.1) is 5.92 Å². The number of rotatable bonds is 8. The van der Waals surface area contributed by atoms with Gasteiger partial charge in [-0.2, -0.15) is 21.6 Å². The topological polar surface area (TPSA) is 64.6 Å². The summed E-state index contributed by atoms with van der Waals surface area (Å²) in [5.74, 6) is 0.502. The summed E-state index contributed by atoms with van der Waals surface area (Å²) in [5.41, 5.74) is -0.327. The van der Waals surface area contributed by atoms with Gasteiger partial charge in [0.15, 0.2) is 11.5 Å². The van der Waals surface area contributed by atoms with Crippen LogP contribution in [0.4, 0.5) is 13.2 Å². The van der Waals surface area contributed by atoms with E-state index in [0.717, 1.165) is 30.3 Å². The van der Waals surface area contributed by atoms with Crippen LogP contribution in [-0.4, -0.2) is 22.1 Å². The van der Waals surface area contributed by atoms with E-state index in [4.69, 9.17) is 8.92 Å². The van der Waals surface area contributed by atoms with E-state index in [9.17, 15) is 21.6 Å². The molecule has 0 aliphatic rings. The minimum atomic E-state index is -4.66. The van der Waals surface area contributed by atoms with Crippen molar-refractivity contribution in [2.75, 3.05) is 13.7 Å². The van der Waals surface area contributed by atoms with Crippen molar-refractivity contribution in [1.29, 1.82) is 0 Å². The Morgan fingerprint density at radius 1 is 1.07 bits per heavy atom. The third-order valence-electron chi connectivity index (χ3n) is 3.76. The van der Waals surface area contributed by atoms with Gasteiger partial charge in [-0.3, -0.25) is 0 Å². The van der Waals surface area contributed by atoms with Gasteiger partial charge in [-0.1, -0.05) is 26.0 Å². The molecule has 2 aromatic rings. The molecule has 0 heterocycles. The lowest BCUT2D eigenvalue weighted by atomic mass is 10.2. The van der Waals surface area contributed by atoms with Crippen LogP contribution in [0.5, 0.6) is 11.5 Å². The minimum Gasteiger partial charge on any atom is -0.493 e. The molecular formula is C19H22F3NO4S. The Bertz CT molecular complexity index is 912. The van der Waals surface area contributed by atoms with Gasteiger partial charge in [0.05, 0.1) is 12.7 Å². The summed E-state index contributed by atoms with van der Waals surface area (Å²) < 4.78 is 73.8. The van der Waals surface area contributed by atoms with Crippen molar-refractivity contribution >= 4 is 10.1 Å². The smallest absolute Gasteiger partial charge is 0.416 e. The molecule has 0 radical (unpaired) electrons. The molecule has 28 heavy (non-hydrogen) atoms. The first kappa shape index (κ1) is 22.0. The fourth-order valence-electron chi connectivity index (χ4n) is 2.40. The third-order valence-corrected chi connectivity index (χ3v) is 4.99. The van der Waals surface area contributed by atoms with Crippen molar-refractivity contribution in [1.82, 2.24) is 5.32 Å². The van der Waals surface area contributed by atoms with Gasteiger partial charge in [0.1, 0.15) is 4.90 Å².